The van der Waals surface area contributed by atoms with E-state index in [4.69, 9.17) is 5.11 Å². The first-order chi connectivity index (χ1) is 7.33. The van der Waals surface area contributed by atoms with Gasteiger partial charge >= 0.3 is 0 Å². The molecule has 0 unspecified atom stereocenters. The molecule has 84 valence electrons. The number of hydrogen-bond donors (Lipinski definition) is 2. The maximum absolute atomic E-state index is 8.63. The van der Waals surface area contributed by atoms with Crippen molar-refractivity contribution in [3.63, 3.8) is 0 Å². The van der Waals surface area contributed by atoms with Gasteiger partial charge in [-0.05, 0) is 17.7 Å². The van der Waals surface area contributed by atoms with Crippen LogP contribution in [0.3, 0.4) is 0 Å². The molecule has 2 heteroatoms. The van der Waals surface area contributed by atoms with Crippen LogP contribution >= 0.6 is 0 Å². The van der Waals surface area contributed by atoms with Crippen LogP contribution in [0, 0.1) is 0 Å². The summed E-state index contributed by atoms with van der Waals surface area (Å²) in [7, 11) is 0. The minimum Gasteiger partial charge on any atom is -0.508 e. The van der Waals surface area contributed by atoms with Gasteiger partial charge in [-0.2, -0.15) is 0 Å². The first-order valence-corrected chi connectivity index (χ1v) is 4.74. The molecule has 0 fully saturated rings. The third kappa shape index (κ3) is 5.62. The van der Waals surface area contributed by atoms with Gasteiger partial charge < -0.3 is 11.3 Å². The molecule has 0 aliphatic heterocycles. The van der Waals surface area contributed by atoms with Crippen LogP contribution in [0.15, 0.2) is 67.2 Å². The summed E-state index contributed by atoms with van der Waals surface area (Å²) in [6.45, 7) is 3.63. The van der Waals surface area contributed by atoms with Crippen molar-refractivity contribution >= 4 is 6.08 Å². The Kier molecular flexibility index (Phi) is 7.20. The monoisotopic (exact) mass is 215 g/mol. The number of aromatic hydroxyl groups is 1. The van der Waals surface area contributed by atoms with Gasteiger partial charge in [0, 0.05) is 0 Å². The highest BCUT2D eigenvalue weighted by atomic mass is 16.3. The molecular formula is C14H17NO. The molecule has 0 aliphatic carbocycles. The molecule has 0 atom stereocenters. The Morgan fingerprint density at radius 3 is 1.50 bits per heavy atom. The van der Waals surface area contributed by atoms with Gasteiger partial charge in [-0.3, -0.25) is 0 Å². The molecule has 4 N–H and O–H groups in total. The van der Waals surface area contributed by atoms with E-state index in [1.807, 2.05) is 42.5 Å². The number of phenolic OH excluding ortho intramolecular Hbond substituents is 1. The van der Waals surface area contributed by atoms with Crippen LogP contribution in [0.2, 0.25) is 0 Å². The Morgan fingerprint density at radius 1 is 0.812 bits per heavy atom. The SMILES string of the molecule is C=Cc1ccccc1.N.Oc1ccccc1. The van der Waals surface area contributed by atoms with E-state index < -0.39 is 0 Å². The normalized spacial score (nSPS) is 8.00. The maximum atomic E-state index is 8.63. The Bertz CT molecular complexity index is 384. The highest BCUT2D eigenvalue weighted by molar-refractivity contribution is 5.45. The van der Waals surface area contributed by atoms with Gasteiger partial charge in [0.25, 0.3) is 0 Å². The fraction of sp³-hybridized carbons (Fsp3) is 0. The van der Waals surface area contributed by atoms with Gasteiger partial charge in [0.15, 0.2) is 0 Å². The standard InChI is InChI=1S/C8H8.C6H6O.H3N/c1-2-8-6-4-3-5-7-8;7-6-4-2-1-3-5-6;/h2-7H,1H2;1-5,7H;1H3. The average Bonchev–Trinajstić information content (AvgIpc) is 2.32. The molecule has 0 amide bonds. The minimum atomic E-state index is 0. The number of benzene rings is 2. The molecule has 2 nitrogen and oxygen atoms in total. The summed E-state index contributed by atoms with van der Waals surface area (Å²) in [5, 5.41) is 8.63. The summed E-state index contributed by atoms with van der Waals surface area (Å²) < 4.78 is 0. The number of para-hydroxylation sites is 1. The third-order valence-electron chi connectivity index (χ3n) is 1.79. The van der Waals surface area contributed by atoms with Crippen LogP contribution in [0.25, 0.3) is 6.08 Å². The van der Waals surface area contributed by atoms with E-state index in [-0.39, 0.29) is 6.15 Å². The van der Waals surface area contributed by atoms with E-state index in [1.54, 1.807) is 24.3 Å². The van der Waals surface area contributed by atoms with Gasteiger partial charge in [0.1, 0.15) is 5.75 Å². The summed E-state index contributed by atoms with van der Waals surface area (Å²) in [5.41, 5.74) is 1.17. The summed E-state index contributed by atoms with van der Waals surface area (Å²) in [4.78, 5) is 0. The van der Waals surface area contributed by atoms with Crippen LogP contribution in [0.5, 0.6) is 5.75 Å². The van der Waals surface area contributed by atoms with Gasteiger partial charge in [-0.15, -0.1) is 0 Å². The molecule has 0 bridgehead atoms. The van der Waals surface area contributed by atoms with Crippen LogP contribution in [0.1, 0.15) is 5.56 Å². The van der Waals surface area contributed by atoms with E-state index >= 15 is 0 Å². The first-order valence-electron chi connectivity index (χ1n) is 4.74. The van der Waals surface area contributed by atoms with Crippen molar-refractivity contribution in [1.82, 2.24) is 6.15 Å². The summed E-state index contributed by atoms with van der Waals surface area (Å²) >= 11 is 0. The fourth-order valence-electron chi connectivity index (χ4n) is 1.02. The van der Waals surface area contributed by atoms with E-state index in [9.17, 15) is 0 Å². The highest BCUT2D eigenvalue weighted by Crippen LogP contribution is 2.02. The zero-order valence-corrected chi connectivity index (χ0v) is 9.21. The largest absolute Gasteiger partial charge is 0.508 e. The van der Waals surface area contributed by atoms with E-state index in [0.717, 1.165) is 0 Å². The summed E-state index contributed by atoms with van der Waals surface area (Å²) in [5.74, 6) is 0.322. The number of phenols is 1. The molecule has 0 heterocycles. The Hall–Kier alpha value is -2.06. The van der Waals surface area contributed by atoms with Crippen molar-refractivity contribution in [3.05, 3.63) is 72.8 Å². The van der Waals surface area contributed by atoms with Crippen molar-refractivity contribution in [3.8, 4) is 5.75 Å². The Labute approximate surface area is 96.5 Å². The van der Waals surface area contributed by atoms with Crippen molar-refractivity contribution in [2.75, 3.05) is 0 Å². The summed E-state index contributed by atoms with van der Waals surface area (Å²) in [6, 6.07) is 18.7. The average molecular weight is 215 g/mol. The predicted molar refractivity (Wildman–Crippen MR) is 69.7 cm³/mol. The second-order valence-corrected chi connectivity index (χ2v) is 2.95. The Balaban J connectivity index is 0.000000267. The molecule has 2 aromatic rings. The maximum Gasteiger partial charge on any atom is 0.115 e. The molecule has 2 aromatic carbocycles. The second kappa shape index (κ2) is 8.26. The lowest BCUT2D eigenvalue weighted by atomic mass is 10.2. The van der Waals surface area contributed by atoms with Crippen LogP contribution in [0.4, 0.5) is 0 Å². The van der Waals surface area contributed by atoms with Crippen molar-refractivity contribution in [2.24, 2.45) is 0 Å². The zero-order chi connectivity index (χ0) is 10.9. The molecule has 0 aromatic heterocycles. The lowest BCUT2D eigenvalue weighted by Gasteiger charge is -1.85. The molecule has 0 aliphatic rings. The van der Waals surface area contributed by atoms with Crippen molar-refractivity contribution in [1.29, 1.82) is 0 Å². The quantitative estimate of drug-likeness (QED) is 0.758. The van der Waals surface area contributed by atoms with Gasteiger partial charge in [0.2, 0.25) is 0 Å². The molecule has 2 rings (SSSR count). The molecular weight excluding hydrogens is 198 g/mol. The molecule has 0 radical (unpaired) electrons. The van der Waals surface area contributed by atoms with Crippen LogP contribution in [-0.2, 0) is 0 Å². The van der Waals surface area contributed by atoms with Gasteiger partial charge in [0.05, 0.1) is 0 Å². The fourth-order valence-corrected chi connectivity index (χ4v) is 1.02. The molecule has 0 saturated carbocycles. The third-order valence-corrected chi connectivity index (χ3v) is 1.79. The summed E-state index contributed by atoms with van der Waals surface area (Å²) in [6.07, 6.45) is 1.83. The van der Waals surface area contributed by atoms with Crippen LogP contribution in [-0.4, -0.2) is 5.11 Å². The van der Waals surface area contributed by atoms with E-state index in [2.05, 4.69) is 6.58 Å². The van der Waals surface area contributed by atoms with Crippen LogP contribution < -0.4 is 6.15 Å². The Morgan fingerprint density at radius 2 is 1.25 bits per heavy atom. The van der Waals surface area contributed by atoms with E-state index in [0.29, 0.717) is 5.75 Å². The lowest BCUT2D eigenvalue weighted by molar-refractivity contribution is 0.475. The topological polar surface area (TPSA) is 55.2 Å². The number of rotatable bonds is 1. The first kappa shape index (κ1) is 13.9. The smallest absolute Gasteiger partial charge is 0.115 e. The van der Waals surface area contributed by atoms with Crippen molar-refractivity contribution in [2.45, 2.75) is 0 Å². The molecule has 16 heavy (non-hydrogen) atoms. The van der Waals surface area contributed by atoms with Gasteiger partial charge in [-0.25, -0.2) is 0 Å². The molecule has 0 spiro atoms. The van der Waals surface area contributed by atoms with E-state index in [1.165, 1.54) is 5.56 Å². The number of hydrogen-bond acceptors (Lipinski definition) is 2. The highest BCUT2D eigenvalue weighted by Gasteiger charge is 1.76. The lowest BCUT2D eigenvalue weighted by Crippen LogP contribution is -1.63. The second-order valence-electron chi connectivity index (χ2n) is 2.95. The predicted octanol–water partition coefficient (Wildman–Crippen LogP) is 3.88. The zero-order valence-electron chi connectivity index (χ0n) is 9.21. The van der Waals surface area contributed by atoms with Crippen molar-refractivity contribution < 1.29 is 5.11 Å². The minimum absolute atomic E-state index is 0. The van der Waals surface area contributed by atoms with Gasteiger partial charge in [-0.1, -0.05) is 61.2 Å². The molecule has 0 saturated heterocycles.